The zero-order valence-electron chi connectivity index (χ0n) is 25.7. The summed E-state index contributed by atoms with van der Waals surface area (Å²) >= 11 is 0. The van der Waals surface area contributed by atoms with E-state index in [4.69, 9.17) is 9.47 Å². The summed E-state index contributed by atoms with van der Waals surface area (Å²) in [5.74, 6) is -2.16. The average molecular weight is 660 g/mol. The van der Waals surface area contributed by atoms with Crippen LogP contribution in [0, 0.1) is 11.6 Å². The molecule has 248 valence electrons. The summed E-state index contributed by atoms with van der Waals surface area (Å²) in [5.41, 5.74) is 3.25. The average Bonchev–Trinajstić information content (AvgIpc) is 3.45. The lowest BCUT2D eigenvalue weighted by Crippen LogP contribution is -2.40. The molecule has 3 aliphatic rings. The van der Waals surface area contributed by atoms with E-state index >= 15 is 0 Å². The number of benzene rings is 2. The van der Waals surface area contributed by atoms with Gasteiger partial charge in [0.1, 0.15) is 11.6 Å². The molecule has 3 aliphatic heterocycles. The highest BCUT2D eigenvalue weighted by Gasteiger charge is 2.32. The third kappa shape index (κ3) is 7.33. The fraction of sp³-hybridized carbons (Fsp3) is 0.484. The van der Waals surface area contributed by atoms with Crippen molar-refractivity contribution in [2.75, 3.05) is 81.7 Å². The van der Waals surface area contributed by atoms with Crippen molar-refractivity contribution in [1.82, 2.24) is 19.4 Å². The van der Waals surface area contributed by atoms with Gasteiger partial charge in [-0.3, -0.25) is 14.8 Å². The Morgan fingerprint density at radius 2 is 1.76 bits per heavy atom. The Morgan fingerprint density at radius 1 is 1.04 bits per heavy atom. The molecule has 0 radical (unpaired) electrons. The summed E-state index contributed by atoms with van der Waals surface area (Å²) < 4.78 is 66.4. The number of morpholine rings is 1. The van der Waals surface area contributed by atoms with E-state index < -0.39 is 32.5 Å². The van der Waals surface area contributed by atoms with E-state index in [0.29, 0.717) is 41.8 Å². The molecule has 2 fully saturated rings. The van der Waals surface area contributed by atoms with Gasteiger partial charge in [-0.2, -0.15) is 9.40 Å². The number of aromatic nitrogens is 2. The number of aromatic amines is 1. The van der Waals surface area contributed by atoms with E-state index in [1.54, 1.807) is 6.07 Å². The van der Waals surface area contributed by atoms with Gasteiger partial charge in [-0.15, -0.1) is 0 Å². The number of amides is 1. The largest absolute Gasteiger partial charge is 0.381 e. The van der Waals surface area contributed by atoms with Crippen molar-refractivity contribution < 1.29 is 31.5 Å². The fourth-order valence-corrected chi connectivity index (χ4v) is 7.43. The molecule has 15 heteroatoms. The van der Waals surface area contributed by atoms with Crippen LogP contribution in [0.15, 0.2) is 41.3 Å². The zero-order chi connectivity index (χ0) is 32.3. The highest BCUT2D eigenvalue weighted by Crippen LogP contribution is 2.31. The molecule has 12 nitrogen and oxygen atoms in total. The molecule has 0 spiro atoms. The fourth-order valence-electron chi connectivity index (χ4n) is 5.97. The smallest absolute Gasteiger partial charge is 0.258 e. The number of nitrogens with one attached hydrogen (secondary N) is 3. The molecular weight excluding hydrogens is 620 g/mol. The first kappa shape index (κ1) is 32.3. The summed E-state index contributed by atoms with van der Waals surface area (Å²) in [4.78, 5) is 17.8. The number of anilines is 3. The van der Waals surface area contributed by atoms with Crippen LogP contribution in [0.5, 0.6) is 0 Å². The highest BCUT2D eigenvalue weighted by molar-refractivity contribution is 7.89. The van der Waals surface area contributed by atoms with Crippen molar-refractivity contribution in [2.45, 2.75) is 36.7 Å². The van der Waals surface area contributed by atoms with Gasteiger partial charge in [0.05, 0.1) is 23.7 Å². The van der Waals surface area contributed by atoms with Crippen molar-refractivity contribution >= 4 is 33.1 Å². The lowest BCUT2D eigenvalue weighted by Gasteiger charge is -2.30. The molecule has 3 aromatic rings. The second-order valence-electron chi connectivity index (χ2n) is 11.8. The third-order valence-corrected chi connectivity index (χ3v) is 10.6. The third-order valence-electron chi connectivity index (χ3n) is 8.73. The molecule has 0 saturated carbocycles. The Kier molecular flexibility index (Phi) is 9.84. The molecule has 3 N–H and O–H groups in total. The van der Waals surface area contributed by atoms with Crippen LogP contribution in [0.4, 0.5) is 26.0 Å². The van der Waals surface area contributed by atoms with Crippen LogP contribution < -0.4 is 15.5 Å². The first-order valence-corrected chi connectivity index (χ1v) is 16.9. The Balaban J connectivity index is 1.20. The molecule has 2 saturated heterocycles. The monoisotopic (exact) mass is 659 g/mol. The minimum absolute atomic E-state index is 0.0860. The normalized spacial score (nSPS) is 18.2. The number of carbonyl (C=O) groups is 1. The quantitative estimate of drug-likeness (QED) is 0.301. The topological polar surface area (TPSA) is 132 Å². The number of ether oxygens (including phenoxy) is 2. The van der Waals surface area contributed by atoms with Crippen molar-refractivity contribution in [3.63, 3.8) is 0 Å². The Bertz CT molecular complexity index is 1640. The Hall–Kier alpha value is -3.63. The molecule has 1 amide bonds. The standard InChI is InChI=1S/C31H39F2N7O5S/c1-38(8-9-39-10-14-45-15-11-39)24-2-3-26(29(19-24)34-23-5-12-44-13-6-23)31(41)35-30-27-20-40(7-4-28(27)36-37-30)46(42,43)25-17-21(32)16-22(33)18-25/h2-3,16-19,23,34H,4-15,20H2,1H3,(H2,35,36,37,41). The number of hydrogen-bond acceptors (Lipinski definition) is 9. The minimum atomic E-state index is -4.21. The lowest BCUT2D eigenvalue weighted by atomic mass is 10.1. The highest BCUT2D eigenvalue weighted by atomic mass is 32.2. The second-order valence-corrected chi connectivity index (χ2v) is 13.8. The minimum Gasteiger partial charge on any atom is -0.381 e. The number of rotatable bonds is 10. The summed E-state index contributed by atoms with van der Waals surface area (Å²) in [5, 5.41) is 13.6. The maximum Gasteiger partial charge on any atom is 0.258 e. The number of carbonyl (C=O) groups excluding carboxylic acids is 1. The molecule has 6 rings (SSSR count). The van der Waals surface area contributed by atoms with Gasteiger partial charge in [-0.1, -0.05) is 0 Å². The maximum atomic E-state index is 13.8. The molecule has 0 atom stereocenters. The van der Waals surface area contributed by atoms with Gasteiger partial charge in [0, 0.05) is 101 Å². The molecule has 1 aromatic heterocycles. The van der Waals surface area contributed by atoms with Gasteiger partial charge >= 0.3 is 0 Å². The Labute approximate surface area is 267 Å². The lowest BCUT2D eigenvalue weighted by molar-refractivity contribution is 0.0393. The van der Waals surface area contributed by atoms with E-state index in [-0.39, 0.29) is 31.4 Å². The summed E-state index contributed by atoms with van der Waals surface area (Å²) in [6.45, 7) is 6.25. The van der Waals surface area contributed by atoms with Crippen molar-refractivity contribution in [3.8, 4) is 0 Å². The van der Waals surface area contributed by atoms with Gasteiger partial charge in [0.2, 0.25) is 10.0 Å². The van der Waals surface area contributed by atoms with Gasteiger partial charge in [-0.25, -0.2) is 17.2 Å². The van der Waals surface area contributed by atoms with E-state index in [1.807, 2.05) is 19.2 Å². The molecular formula is C31H39F2N7O5S. The number of likely N-dealkylation sites (N-methyl/N-ethyl adjacent to an activating group) is 1. The second kappa shape index (κ2) is 14.0. The number of fused-ring (bicyclic) bond motifs is 1. The van der Waals surface area contributed by atoms with Gasteiger partial charge in [0.15, 0.2) is 5.82 Å². The molecule has 0 unspecified atom stereocenters. The number of nitrogens with zero attached hydrogens (tertiary/aromatic N) is 4. The van der Waals surface area contributed by atoms with E-state index in [9.17, 15) is 22.0 Å². The number of hydrogen-bond donors (Lipinski definition) is 3. The number of sulfonamides is 1. The summed E-state index contributed by atoms with van der Waals surface area (Å²) in [6.07, 6.45) is 1.91. The first-order valence-electron chi connectivity index (χ1n) is 15.5. The molecule has 4 heterocycles. The maximum absolute atomic E-state index is 13.8. The zero-order valence-corrected chi connectivity index (χ0v) is 26.5. The van der Waals surface area contributed by atoms with Crippen molar-refractivity contribution in [2.24, 2.45) is 0 Å². The van der Waals surface area contributed by atoms with Crippen LogP contribution in [-0.4, -0.2) is 106 Å². The predicted octanol–water partition coefficient (Wildman–Crippen LogP) is 3.05. The van der Waals surface area contributed by atoms with Crippen molar-refractivity contribution in [1.29, 1.82) is 0 Å². The van der Waals surface area contributed by atoms with Gasteiger partial charge < -0.3 is 25.0 Å². The van der Waals surface area contributed by atoms with Crippen LogP contribution in [0.1, 0.15) is 34.5 Å². The van der Waals surface area contributed by atoms with E-state index in [0.717, 1.165) is 74.4 Å². The van der Waals surface area contributed by atoms with Crippen LogP contribution >= 0.6 is 0 Å². The molecule has 46 heavy (non-hydrogen) atoms. The summed E-state index contributed by atoms with van der Waals surface area (Å²) in [7, 11) is -2.18. The Morgan fingerprint density at radius 3 is 2.50 bits per heavy atom. The van der Waals surface area contributed by atoms with E-state index in [1.165, 1.54) is 0 Å². The first-order chi connectivity index (χ1) is 22.2. The van der Waals surface area contributed by atoms with Crippen molar-refractivity contribution in [3.05, 3.63) is 64.9 Å². The molecule has 0 bridgehead atoms. The molecule has 2 aromatic carbocycles. The van der Waals surface area contributed by atoms with Gasteiger partial charge in [-0.05, 0) is 43.2 Å². The van der Waals surface area contributed by atoms with Gasteiger partial charge in [0.25, 0.3) is 5.91 Å². The van der Waals surface area contributed by atoms with Crippen LogP contribution in [-0.2, 0) is 32.5 Å². The number of halogens is 2. The summed E-state index contributed by atoms with van der Waals surface area (Å²) in [6, 6.07) is 8.03. The van der Waals surface area contributed by atoms with Crippen LogP contribution in [0.25, 0.3) is 0 Å². The SMILES string of the molecule is CN(CCN1CCOCC1)c1ccc(C(=O)Nc2n[nH]c3c2CN(S(=O)(=O)c2cc(F)cc(F)c2)CC3)c(NC2CCOCC2)c1. The molecule has 0 aliphatic carbocycles. The predicted molar refractivity (Wildman–Crippen MR) is 169 cm³/mol. The van der Waals surface area contributed by atoms with Crippen LogP contribution in [0.2, 0.25) is 0 Å². The van der Waals surface area contributed by atoms with Crippen LogP contribution in [0.3, 0.4) is 0 Å². The van der Waals surface area contributed by atoms with E-state index in [2.05, 4.69) is 30.6 Å². The number of H-pyrrole nitrogens is 1.